The molecule has 10 rings (SSSR count). The van der Waals surface area contributed by atoms with Crippen molar-refractivity contribution < 1.29 is 4.42 Å². The molecule has 0 radical (unpaired) electrons. The minimum atomic E-state index is 0.631. The zero-order valence-electron chi connectivity index (χ0n) is 25.4. The van der Waals surface area contributed by atoms with Crippen LogP contribution in [0.2, 0.25) is 0 Å². The Morgan fingerprint density at radius 3 is 2.15 bits per heavy atom. The van der Waals surface area contributed by atoms with E-state index in [-0.39, 0.29) is 0 Å². The summed E-state index contributed by atoms with van der Waals surface area (Å²) in [5.41, 5.74) is 12.3. The number of fused-ring (bicyclic) bond motifs is 10. The van der Waals surface area contributed by atoms with Crippen LogP contribution in [-0.4, -0.2) is 9.13 Å². The number of rotatable bonds is 3. The van der Waals surface area contributed by atoms with Crippen LogP contribution in [0.25, 0.3) is 83.2 Å². The second-order valence-corrected chi connectivity index (χ2v) is 12.3. The van der Waals surface area contributed by atoms with Crippen LogP contribution in [0.3, 0.4) is 0 Å². The highest BCUT2D eigenvalue weighted by Crippen LogP contribution is 2.41. The lowest BCUT2D eigenvalue weighted by atomic mass is 9.99. The molecule has 47 heavy (non-hydrogen) atoms. The lowest BCUT2D eigenvalue weighted by Gasteiger charge is -2.15. The Balaban J connectivity index is 1.13. The number of para-hydroxylation sites is 3. The van der Waals surface area contributed by atoms with Gasteiger partial charge in [0, 0.05) is 49.6 Å². The van der Waals surface area contributed by atoms with E-state index in [0.717, 1.165) is 79.1 Å². The van der Waals surface area contributed by atoms with Gasteiger partial charge in [0.05, 0.1) is 28.2 Å². The fourth-order valence-corrected chi connectivity index (χ4v) is 7.77. The average molecular weight is 602 g/mol. The maximum Gasteiger partial charge on any atom is 0.160 e. The third-order valence-electron chi connectivity index (χ3n) is 9.85. The third kappa shape index (κ3) is 3.69. The molecule has 3 heterocycles. The van der Waals surface area contributed by atoms with E-state index in [9.17, 15) is 5.26 Å². The van der Waals surface area contributed by atoms with Gasteiger partial charge in [0.2, 0.25) is 0 Å². The fraction of sp³-hybridized carbons (Fsp3) is 0.0465. The van der Waals surface area contributed by atoms with Crippen molar-refractivity contribution in [3.8, 4) is 28.6 Å². The Bertz CT molecular complexity index is 2800. The first kappa shape index (κ1) is 26.0. The first-order valence-corrected chi connectivity index (χ1v) is 16.1. The molecule has 3 aromatic heterocycles. The number of nitriles is 1. The predicted octanol–water partition coefficient (Wildman–Crippen LogP) is 11.1. The minimum absolute atomic E-state index is 0.631. The lowest BCUT2D eigenvalue weighted by Crippen LogP contribution is -2.03. The van der Waals surface area contributed by atoms with E-state index >= 15 is 0 Å². The minimum Gasteiger partial charge on any atom is -0.454 e. The molecule has 0 saturated heterocycles. The predicted molar refractivity (Wildman–Crippen MR) is 192 cm³/mol. The summed E-state index contributed by atoms with van der Waals surface area (Å²) in [6.45, 7) is 0. The number of benzene rings is 6. The molecular weight excluding hydrogens is 574 g/mol. The normalized spacial score (nSPS) is 12.8. The van der Waals surface area contributed by atoms with Crippen molar-refractivity contribution in [2.24, 2.45) is 0 Å². The molecule has 1 aliphatic carbocycles. The zero-order chi connectivity index (χ0) is 31.1. The third-order valence-corrected chi connectivity index (χ3v) is 9.85. The number of hydrogen-bond acceptors (Lipinski definition) is 2. The van der Waals surface area contributed by atoms with Crippen molar-refractivity contribution in [1.82, 2.24) is 9.13 Å². The molecule has 0 bridgehead atoms. The van der Waals surface area contributed by atoms with E-state index in [0.29, 0.717) is 5.56 Å². The highest BCUT2D eigenvalue weighted by Gasteiger charge is 2.21. The Labute approximate surface area is 270 Å². The molecule has 4 heteroatoms. The van der Waals surface area contributed by atoms with E-state index in [4.69, 9.17) is 4.42 Å². The summed E-state index contributed by atoms with van der Waals surface area (Å²) < 4.78 is 11.2. The Morgan fingerprint density at radius 2 is 1.32 bits per heavy atom. The van der Waals surface area contributed by atoms with Crippen molar-refractivity contribution in [3.05, 3.63) is 150 Å². The van der Waals surface area contributed by atoms with Gasteiger partial charge in [-0.15, -0.1) is 0 Å². The largest absolute Gasteiger partial charge is 0.454 e. The van der Waals surface area contributed by atoms with E-state index < -0.39 is 0 Å². The summed E-state index contributed by atoms with van der Waals surface area (Å²) in [5.74, 6) is 0. The molecule has 0 atom stereocenters. The van der Waals surface area contributed by atoms with Crippen LogP contribution in [-0.2, 0) is 6.42 Å². The molecule has 6 aromatic carbocycles. The van der Waals surface area contributed by atoms with Gasteiger partial charge in [-0.05, 0) is 72.5 Å². The van der Waals surface area contributed by atoms with E-state index in [1.165, 1.54) is 22.2 Å². The van der Waals surface area contributed by atoms with Crippen LogP contribution in [0.5, 0.6) is 0 Å². The standard InChI is InChI=1S/C43H27N3O/c44-26-28-25-30(46-40-15-7-3-11-34(40)36-23-24-37-35-12-4-8-16-41(35)47-43(37)42(36)46)21-22-31(28)27-17-19-29(20-18-27)45-38-13-5-1-9-32(38)33-10-2-6-14-39(33)45/h1-5,7-13,15-25H,6,14H2. The van der Waals surface area contributed by atoms with Crippen LogP contribution in [0.1, 0.15) is 23.2 Å². The maximum atomic E-state index is 10.5. The molecular formula is C43H27N3O. The first-order chi connectivity index (χ1) is 23.3. The summed E-state index contributed by atoms with van der Waals surface area (Å²) in [7, 11) is 0. The molecule has 0 N–H and O–H groups in total. The Morgan fingerprint density at radius 1 is 0.617 bits per heavy atom. The number of furan rings is 1. The lowest BCUT2D eigenvalue weighted by molar-refractivity contribution is 0.671. The molecule has 0 aliphatic heterocycles. The summed E-state index contributed by atoms with van der Waals surface area (Å²) >= 11 is 0. The van der Waals surface area contributed by atoms with Crippen molar-refractivity contribution >= 4 is 60.7 Å². The molecule has 0 spiro atoms. The van der Waals surface area contributed by atoms with E-state index in [2.05, 4.69) is 130 Å². The van der Waals surface area contributed by atoms with Crippen LogP contribution in [0.4, 0.5) is 0 Å². The van der Waals surface area contributed by atoms with E-state index in [1.807, 2.05) is 24.3 Å². The summed E-state index contributed by atoms with van der Waals surface area (Å²) in [6.07, 6.45) is 6.61. The molecule has 0 fully saturated rings. The van der Waals surface area contributed by atoms with Crippen LogP contribution in [0.15, 0.2) is 138 Å². The molecule has 9 aromatic rings. The van der Waals surface area contributed by atoms with Gasteiger partial charge in [0.1, 0.15) is 5.58 Å². The molecule has 0 unspecified atom stereocenters. The zero-order valence-corrected chi connectivity index (χ0v) is 25.4. The highest BCUT2D eigenvalue weighted by molar-refractivity contribution is 6.21. The molecule has 0 saturated carbocycles. The summed E-state index contributed by atoms with van der Waals surface area (Å²) in [4.78, 5) is 0. The maximum absolute atomic E-state index is 10.5. The second kappa shape index (κ2) is 9.84. The van der Waals surface area contributed by atoms with Gasteiger partial charge in [-0.25, -0.2) is 0 Å². The van der Waals surface area contributed by atoms with E-state index in [1.54, 1.807) is 0 Å². The number of hydrogen-bond donors (Lipinski definition) is 0. The molecule has 4 nitrogen and oxygen atoms in total. The smallest absolute Gasteiger partial charge is 0.160 e. The van der Waals surface area contributed by atoms with Crippen molar-refractivity contribution in [2.45, 2.75) is 12.8 Å². The van der Waals surface area contributed by atoms with Crippen molar-refractivity contribution in [3.63, 3.8) is 0 Å². The summed E-state index contributed by atoms with van der Waals surface area (Å²) in [6, 6.07) is 47.0. The number of aromatic nitrogens is 2. The van der Waals surface area contributed by atoms with Crippen LogP contribution < -0.4 is 0 Å². The Hall–Kier alpha value is -6.31. The van der Waals surface area contributed by atoms with Crippen molar-refractivity contribution in [2.75, 3.05) is 0 Å². The SMILES string of the molecule is N#Cc1cc(-n2c3ccccc3c3ccc4c5ccccc5oc4c32)ccc1-c1ccc(-n2c3c(c4ccccc42)C=CCC3)cc1. The average Bonchev–Trinajstić information content (AvgIpc) is 3.79. The molecule has 0 amide bonds. The van der Waals surface area contributed by atoms with Crippen molar-refractivity contribution in [1.29, 1.82) is 5.26 Å². The van der Waals surface area contributed by atoms with Gasteiger partial charge in [-0.3, -0.25) is 0 Å². The highest BCUT2D eigenvalue weighted by atomic mass is 16.3. The van der Waals surface area contributed by atoms with Gasteiger partial charge in [0.15, 0.2) is 5.58 Å². The van der Waals surface area contributed by atoms with Gasteiger partial charge < -0.3 is 13.6 Å². The number of nitrogens with zero attached hydrogens (tertiary/aromatic N) is 3. The van der Waals surface area contributed by atoms with Gasteiger partial charge in [0.25, 0.3) is 0 Å². The molecule has 1 aliphatic rings. The van der Waals surface area contributed by atoms with Crippen LogP contribution >= 0.6 is 0 Å². The number of allylic oxidation sites excluding steroid dienone is 1. The van der Waals surface area contributed by atoms with Crippen LogP contribution in [0, 0.1) is 11.3 Å². The van der Waals surface area contributed by atoms with Gasteiger partial charge in [-0.1, -0.05) is 91.0 Å². The molecule has 220 valence electrons. The second-order valence-electron chi connectivity index (χ2n) is 12.3. The van der Waals surface area contributed by atoms with Gasteiger partial charge >= 0.3 is 0 Å². The quantitative estimate of drug-likeness (QED) is 0.202. The monoisotopic (exact) mass is 601 g/mol. The van der Waals surface area contributed by atoms with Gasteiger partial charge in [-0.2, -0.15) is 5.26 Å². The first-order valence-electron chi connectivity index (χ1n) is 16.1. The summed E-state index contributed by atoms with van der Waals surface area (Å²) in [5, 5.41) is 16.2. The Kier molecular flexibility index (Phi) is 5.44. The topological polar surface area (TPSA) is 46.8 Å². The fourth-order valence-electron chi connectivity index (χ4n) is 7.77.